The van der Waals surface area contributed by atoms with Gasteiger partial charge in [0.2, 0.25) is 0 Å². The van der Waals surface area contributed by atoms with Crippen LogP contribution < -0.4 is 0 Å². The lowest BCUT2D eigenvalue weighted by molar-refractivity contribution is 0.680. The standard InChI is InChI=1S/C11H10Cl2N2/c12-9-5-7-6-3-1-2-4-8(6)14-10(7)11(13)15-9/h5,14H,1-4H2. The van der Waals surface area contributed by atoms with E-state index in [1.54, 1.807) is 0 Å². The van der Waals surface area contributed by atoms with Gasteiger partial charge in [0, 0.05) is 11.1 Å². The molecule has 0 spiro atoms. The summed E-state index contributed by atoms with van der Waals surface area (Å²) < 4.78 is 0. The maximum absolute atomic E-state index is 6.06. The Kier molecular flexibility index (Phi) is 2.15. The molecule has 0 unspecified atom stereocenters. The molecule has 2 nitrogen and oxygen atoms in total. The molecule has 0 fully saturated rings. The first-order valence-electron chi connectivity index (χ1n) is 5.11. The van der Waals surface area contributed by atoms with Gasteiger partial charge in [0.05, 0.1) is 5.52 Å². The van der Waals surface area contributed by atoms with Gasteiger partial charge < -0.3 is 4.98 Å². The van der Waals surface area contributed by atoms with Crippen LogP contribution in [0.1, 0.15) is 24.1 Å². The molecule has 15 heavy (non-hydrogen) atoms. The van der Waals surface area contributed by atoms with E-state index in [9.17, 15) is 0 Å². The number of fused-ring (bicyclic) bond motifs is 3. The first-order chi connectivity index (χ1) is 7.25. The van der Waals surface area contributed by atoms with Crippen molar-refractivity contribution in [3.05, 3.63) is 27.6 Å². The molecule has 1 aliphatic carbocycles. The molecular formula is C11H10Cl2N2. The normalized spacial score (nSPS) is 15.6. The van der Waals surface area contributed by atoms with Crippen LogP contribution in [0.4, 0.5) is 0 Å². The van der Waals surface area contributed by atoms with E-state index >= 15 is 0 Å². The molecule has 3 rings (SSSR count). The molecule has 0 radical (unpaired) electrons. The molecular weight excluding hydrogens is 231 g/mol. The number of nitrogens with one attached hydrogen (secondary N) is 1. The maximum Gasteiger partial charge on any atom is 0.154 e. The molecule has 4 heteroatoms. The zero-order valence-corrected chi connectivity index (χ0v) is 9.62. The lowest BCUT2D eigenvalue weighted by Gasteiger charge is -2.10. The molecule has 0 bridgehead atoms. The zero-order valence-electron chi connectivity index (χ0n) is 8.11. The molecule has 1 aliphatic rings. The highest BCUT2D eigenvalue weighted by atomic mass is 35.5. The minimum absolute atomic E-state index is 0.472. The van der Waals surface area contributed by atoms with E-state index in [1.165, 1.54) is 24.1 Å². The van der Waals surface area contributed by atoms with Gasteiger partial charge in [-0.3, -0.25) is 0 Å². The summed E-state index contributed by atoms with van der Waals surface area (Å²) in [6.07, 6.45) is 4.72. The van der Waals surface area contributed by atoms with Crippen molar-refractivity contribution in [3.63, 3.8) is 0 Å². The summed E-state index contributed by atoms with van der Waals surface area (Å²) in [6, 6.07) is 1.91. The minimum atomic E-state index is 0.472. The van der Waals surface area contributed by atoms with Crippen LogP contribution in [-0.2, 0) is 12.8 Å². The first kappa shape index (κ1) is 9.49. The van der Waals surface area contributed by atoms with E-state index in [4.69, 9.17) is 23.2 Å². The predicted molar refractivity (Wildman–Crippen MR) is 62.8 cm³/mol. The van der Waals surface area contributed by atoms with Gasteiger partial charge in [0.1, 0.15) is 5.15 Å². The summed E-state index contributed by atoms with van der Waals surface area (Å²) in [4.78, 5) is 7.40. The Balaban J connectivity index is 2.37. The van der Waals surface area contributed by atoms with Gasteiger partial charge in [0.25, 0.3) is 0 Å². The van der Waals surface area contributed by atoms with E-state index in [-0.39, 0.29) is 0 Å². The minimum Gasteiger partial charge on any atom is -0.356 e. The summed E-state index contributed by atoms with van der Waals surface area (Å²) in [5, 5.41) is 2.10. The van der Waals surface area contributed by atoms with Crippen LogP contribution in [0.25, 0.3) is 10.9 Å². The molecule has 1 N–H and O–H groups in total. The van der Waals surface area contributed by atoms with E-state index in [0.29, 0.717) is 10.3 Å². The van der Waals surface area contributed by atoms with Crippen molar-refractivity contribution in [3.8, 4) is 0 Å². The fourth-order valence-corrected chi connectivity index (χ4v) is 2.81. The van der Waals surface area contributed by atoms with E-state index in [1.807, 2.05) is 6.07 Å². The second kappa shape index (κ2) is 3.39. The Morgan fingerprint density at radius 2 is 2.00 bits per heavy atom. The monoisotopic (exact) mass is 240 g/mol. The van der Waals surface area contributed by atoms with Crippen LogP contribution in [0.15, 0.2) is 6.07 Å². The van der Waals surface area contributed by atoms with Crippen LogP contribution >= 0.6 is 23.2 Å². The summed E-state index contributed by atoms with van der Waals surface area (Å²) in [6.45, 7) is 0. The van der Waals surface area contributed by atoms with Crippen LogP contribution in [0, 0.1) is 0 Å². The summed E-state index contributed by atoms with van der Waals surface area (Å²) in [7, 11) is 0. The third-order valence-corrected chi connectivity index (χ3v) is 3.48. The molecule has 0 atom stereocenters. The van der Waals surface area contributed by atoms with Crippen LogP contribution in [0.5, 0.6) is 0 Å². The Morgan fingerprint density at radius 1 is 1.20 bits per heavy atom. The van der Waals surface area contributed by atoms with Crippen molar-refractivity contribution in [1.29, 1.82) is 0 Å². The predicted octanol–water partition coefficient (Wildman–Crippen LogP) is 3.75. The number of halogens is 2. The fourth-order valence-electron chi connectivity index (χ4n) is 2.33. The summed E-state index contributed by atoms with van der Waals surface area (Å²) in [5.41, 5.74) is 3.62. The lowest BCUT2D eigenvalue weighted by Crippen LogP contribution is -1.99. The molecule has 0 amide bonds. The molecule has 0 saturated heterocycles. The van der Waals surface area contributed by atoms with Gasteiger partial charge in [-0.15, -0.1) is 0 Å². The lowest BCUT2D eigenvalue weighted by atomic mass is 9.96. The number of aryl methyl sites for hydroxylation is 2. The van der Waals surface area contributed by atoms with Crippen molar-refractivity contribution in [2.75, 3.05) is 0 Å². The number of hydrogen-bond acceptors (Lipinski definition) is 1. The SMILES string of the molecule is Clc1cc2c3c([nH]c2c(Cl)n1)CCCC3. The average Bonchev–Trinajstić information content (AvgIpc) is 2.57. The number of aromatic nitrogens is 2. The average molecular weight is 241 g/mol. The molecule has 2 aromatic heterocycles. The zero-order chi connectivity index (χ0) is 10.4. The fraction of sp³-hybridized carbons (Fsp3) is 0.364. The Bertz CT molecular complexity index is 531. The van der Waals surface area contributed by atoms with Gasteiger partial charge in [-0.1, -0.05) is 23.2 Å². The van der Waals surface area contributed by atoms with E-state index in [0.717, 1.165) is 23.7 Å². The number of pyridine rings is 1. The van der Waals surface area contributed by atoms with Gasteiger partial charge >= 0.3 is 0 Å². The van der Waals surface area contributed by atoms with Crippen LogP contribution in [-0.4, -0.2) is 9.97 Å². The second-order valence-corrected chi connectivity index (χ2v) is 4.69. The first-order valence-corrected chi connectivity index (χ1v) is 5.87. The highest BCUT2D eigenvalue weighted by molar-refractivity contribution is 6.36. The van der Waals surface area contributed by atoms with Gasteiger partial charge in [-0.05, 0) is 37.3 Å². The van der Waals surface area contributed by atoms with Crippen molar-refractivity contribution in [2.45, 2.75) is 25.7 Å². The van der Waals surface area contributed by atoms with E-state index < -0.39 is 0 Å². The highest BCUT2D eigenvalue weighted by Crippen LogP contribution is 2.33. The van der Waals surface area contributed by atoms with Crippen molar-refractivity contribution in [2.24, 2.45) is 0 Å². The van der Waals surface area contributed by atoms with Gasteiger partial charge in [-0.2, -0.15) is 0 Å². The van der Waals surface area contributed by atoms with Crippen LogP contribution in [0.2, 0.25) is 10.3 Å². The number of nitrogens with zero attached hydrogens (tertiary/aromatic N) is 1. The largest absolute Gasteiger partial charge is 0.356 e. The van der Waals surface area contributed by atoms with Gasteiger partial charge in [-0.25, -0.2) is 4.98 Å². The summed E-state index contributed by atoms with van der Waals surface area (Å²) in [5.74, 6) is 0. The highest BCUT2D eigenvalue weighted by Gasteiger charge is 2.17. The molecule has 2 aromatic rings. The Morgan fingerprint density at radius 3 is 2.87 bits per heavy atom. The second-order valence-electron chi connectivity index (χ2n) is 3.95. The quantitative estimate of drug-likeness (QED) is 0.699. The molecule has 78 valence electrons. The van der Waals surface area contributed by atoms with Gasteiger partial charge in [0.15, 0.2) is 5.15 Å². The smallest absolute Gasteiger partial charge is 0.154 e. The topological polar surface area (TPSA) is 28.7 Å². The summed E-state index contributed by atoms with van der Waals surface area (Å²) >= 11 is 12.0. The molecule has 0 aliphatic heterocycles. The van der Waals surface area contributed by atoms with Crippen molar-refractivity contribution in [1.82, 2.24) is 9.97 Å². The number of H-pyrrole nitrogens is 1. The van der Waals surface area contributed by atoms with Crippen molar-refractivity contribution < 1.29 is 0 Å². The molecule has 0 aromatic carbocycles. The van der Waals surface area contributed by atoms with E-state index in [2.05, 4.69) is 9.97 Å². The Labute approximate surface area is 97.6 Å². The van der Waals surface area contributed by atoms with Crippen LogP contribution in [0.3, 0.4) is 0 Å². The maximum atomic E-state index is 6.06. The van der Waals surface area contributed by atoms with Crippen molar-refractivity contribution >= 4 is 34.1 Å². The molecule has 2 heterocycles. The third-order valence-electron chi connectivity index (χ3n) is 3.01. The number of rotatable bonds is 0. The number of hydrogen-bond donors (Lipinski definition) is 1. The molecule has 0 saturated carbocycles. The Hall–Kier alpha value is -0.730. The third kappa shape index (κ3) is 1.44. The number of aromatic amines is 1.